The van der Waals surface area contributed by atoms with Crippen molar-refractivity contribution in [2.45, 2.75) is 25.5 Å². The molecule has 11 heavy (non-hydrogen) atoms. The van der Waals surface area contributed by atoms with E-state index in [1.807, 2.05) is 0 Å². The standard InChI is InChI=1S/C7H10BNO2/c1-7(4-9)2-5(3-10)11-6(7)8/h5-6,10H,2-3H2,1H3. The maximum Gasteiger partial charge on any atom is 0.111 e. The summed E-state index contributed by atoms with van der Waals surface area (Å²) in [6.07, 6.45) is 0.246. The second-order valence-corrected chi connectivity index (χ2v) is 3.09. The van der Waals surface area contributed by atoms with Crippen LogP contribution in [0.2, 0.25) is 0 Å². The lowest BCUT2D eigenvalue weighted by atomic mass is 9.74. The van der Waals surface area contributed by atoms with Gasteiger partial charge in [0.05, 0.1) is 24.2 Å². The number of aliphatic hydroxyl groups is 1. The molecule has 0 amide bonds. The van der Waals surface area contributed by atoms with Gasteiger partial charge in [-0.15, -0.1) is 0 Å². The van der Waals surface area contributed by atoms with Gasteiger partial charge >= 0.3 is 0 Å². The van der Waals surface area contributed by atoms with Crippen molar-refractivity contribution >= 4 is 7.85 Å². The van der Waals surface area contributed by atoms with Crippen LogP contribution in [0.25, 0.3) is 0 Å². The van der Waals surface area contributed by atoms with Crippen molar-refractivity contribution < 1.29 is 9.84 Å². The van der Waals surface area contributed by atoms with Gasteiger partial charge in [0.1, 0.15) is 7.85 Å². The highest BCUT2D eigenvalue weighted by Gasteiger charge is 2.41. The third-order valence-corrected chi connectivity index (χ3v) is 2.08. The molecule has 0 aromatic heterocycles. The summed E-state index contributed by atoms with van der Waals surface area (Å²) in [6, 6.07) is 1.53. The van der Waals surface area contributed by atoms with E-state index in [2.05, 4.69) is 6.07 Å². The lowest BCUT2D eigenvalue weighted by Gasteiger charge is -2.17. The molecule has 4 heteroatoms. The fourth-order valence-corrected chi connectivity index (χ4v) is 1.21. The Hall–Kier alpha value is -0.525. The van der Waals surface area contributed by atoms with E-state index in [1.165, 1.54) is 0 Å². The number of nitrogens with zero attached hydrogens (tertiary/aromatic N) is 1. The van der Waals surface area contributed by atoms with Gasteiger partial charge in [0.15, 0.2) is 0 Å². The molecule has 0 spiro atoms. The average molecular weight is 151 g/mol. The number of ether oxygens (including phenoxy) is 1. The molecule has 1 saturated heterocycles. The van der Waals surface area contributed by atoms with Crippen LogP contribution in [0.3, 0.4) is 0 Å². The first-order chi connectivity index (χ1) is 5.12. The van der Waals surface area contributed by atoms with Crippen molar-refractivity contribution in [2.24, 2.45) is 5.41 Å². The average Bonchev–Trinajstić information content (AvgIpc) is 2.29. The lowest BCUT2D eigenvalue weighted by Crippen LogP contribution is -2.25. The first-order valence-corrected chi connectivity index (χ1v) is 3.55. The Kier molecular flexibility index (Phi) is 2.21. The van der Waals surface area contributed by atoms with Crippen molar-refractivity contribution in [1.82, 2.24) is 0 Å². The Balaban J connectivity index is 2.67. The molecule has 0 aromatic rings. The Bertz CT molecular complexity index is 191. The normalized spacial score (nSPS) is 43.7. The van der Waals surface area contributed by atoms with E-state index in [0.29, 0.717) is 6.42 Å². The lowest BCUT2D eigenvalue weighted by molar-refractivity contribution is 0.0374. The topological polar surface area (TPSA) is 53.2 Å². The maximum absolute atomic E-state index is 8.72. The number of hydrogen-bond donors (Lipinski definition) is 1. The summed E-state index contributed by atoms with van der Waals surface area (Å²) in [7, 11) is 5.53. The highest BCUT2D eigenvalue weighted by Crippen LogP contribution is 2.35. The summed E-state index contributed by atoms with van der Waals surface area (Å²) in [5.41, 5.74) is -0.632. The van der Waals surface area contributed by atoms with E-state index < -0.39 is 11.4 Å². The van der Waals surface area contributed by atoms with Gasteiger partial charge in [0, 0.05) is 6.00 Å². The first-order valence-electron chi connectivity index (χ1n) is 3.55. The molecule has 1 N–H and O–H groups in total. The van der Waals surface area contributed by atoms with Crippen molar-refractivity contribution in [1.29, 1.82) is 5.26 Å². The molecule has 1 rings (SSSR count). The minimum Gasteiger partial charge on any atom is -0.394 e. The van der Waals surface area contributed by atoms with Crippen LogP contribution in [-0.2, 0) is 4.74 Å². The molecule has 3 unspecified atom stereocenters. The number of aliphatic hydroxyl groups excluding tert-OH is 1. The molecule has 1 aliphatic heterocycles. The van der Waals surface area contributed by atoms with Crippen LogP contribution >= 0.6 is 0 Å². The van der Waals surface area contributed by atoms with Gasteiger partial charge < -0.3 is 9.84 Å². The van der Waals surface area contributed by atoms with Crippen LogP contribution in [-0.4, -0.2) is 31.7 Å². The highest BCUT2D eigenvalue weighted by molar-refractivity contribution is 6.12. The fourth-order valence-electron chi connectivity index (χ4n) is 1.21. The molecule has 3 atom stereocenters. The Labute approximate surface area is 67.4 Å². The zero-order valence-electron chi connectivity index (χ0n) is 6.45. The minimum atomic E-state index is -0.632. The molecular formula is C7H10BNO2. The molecule has 0 bridgehead atoms. The van der Waals surface area contributed by atoms with Crippen molar-refractivity contribution in [3.05, 3.63) is 0 Å². The summed E-state index contributed by atoms with van der Waals surface area (Å²) in [5.74, 6) is 0. The van der Waals surface area contributed by atoms with Crippen molar-refractivity contribution in [3.63, 3.8) is 0 Å². The summed E-state index contributed by atoms with van der Waals surface area (Å²) in [5, 5.41) is 17.4. The van der Waals surface area contributed by atoms with E-state index in [-0.39, 0.29) is 12.7 Å². The van der Waals surface area contributed by atoms with Crippen LogP contribution in [0, 0.1) is 16.7 Å². The maximum atomic E-state index is 8.72. The molecule has 58 valence electrons. The number of nitriles is 1. The third-order valence-electron chi connectivity index (χ3n) is 2.08. The Morgan fingerprint density at radius 1 is 1.91 bits per heavy atom. The Morgan fingerprint density at radius 3 is 2.82 bits per heavy atom. The van der Waals surface area contributed by atoms with E-state index in [1.54, 1.807) is 6.92 Å². The van der Waals surface area contributed by atoms with Crippen LogP contribution in [0.5, 0.6) is 0 Å². The molecule has 0 aliphatic carbocycles. The predicted molar refractivity (Wildman–Crippen MR) is 39.8 cm³/mol. The van der Waals surface area contributed by atoms with E-state index >= 15 is 0 Å². The van der Waals surface area contributed by atoms with Crippen LogP contribution in [0.4, 0.5) is 0 Å². The van der Waals surface area contributed by atoms with Gasteiger partial charge in [-0.25, -0.2) is 0 Å². The summed E-state index contributed by atoms with van der Waals surface area (Å²) >= 11 is 0. The molecule has 1 aliphatic rings. The molecule has 1 heterocycles. The summed E-state index contributed by atoms with van der Waals surface area (Å²) in [4.78, 5) is 0. The highest BCUT2D eigenvalue weighted by atomic mass is 16.5. The second-order valence-electron chi connectivity index (χ2n) is 3.09. The molecule has 0 aromatic carbocycles. The molecule has 0 saturated carbocycles. The van der Waals surface area contributed by atoms with Gasteiger partial charge in [-0.2, -0.15) is 5.26 Å². The minimum absolute atomic E-state index is 0.0645. The van der Waals surface area contributed by atoms with Crippen LogP contribution in [0.15, 0.2) is 0 Å². The van der Waals surface area contributed by atoms with Gasteiger partial charge in [-0.05, 0) is 13.3 Å². The predicted octanol–water partition coefficient (Wildman–Crippen LogP) is -0.208. The van der Waals surface area contributed by atoms with Gasteiger partial charge in [-0.1, -0.05) is 0 Å². The molecule has 1 fully saturated rings. The van der Waals surface area contributed by atoms with Crippen LogP contribution in [0.1, 0.15) is 13.3 Å². The van der Waals surface area contributed by atoms with E-state index in [4.69, 9.17) is 23.0 Å². The zero-order chi connectivity index (χ0) is 8.48. The SMILES string of the molecule is [B]C1OC(CO)CC1(C)C#N. The molecular weight excluding hydrogens is 141 g/mol. The summed E-state index contributed by atoms with van der Waals surface area (Å²) in [6.45, 7) is 1.68. The second kappa shape index (κ2) is 2.84. The van der Waals surface area contributed by atoms with E-state index in [0.717, 1.165) is 0 Å². The van der Waals surface area contributed by atoms with Crippen molar-refractivity contribution in [3.8, 4) is 6.07 Å². The van der Waals surface area contributed by atoms with Crippen molar-refractivity contribution in [2.75, 3.05) is 6.61 Å². The van der Waals surface area contributed by atoms with Crippen LogP contribution < -0.4 is 0 Å². The van der Waals surface area contributed by atoms with Gasteiger partial charge in [0.2, 0.25) is 0 Å². The quantitative estimate of drug-likeness (QED) is 0.527. The largest absolute Gasteiger partial charge is 0.394 e. The number of hydrogen-bond acceptors (Lipinski definition) is 3. The Morgan fingerprint density at radius 2 is 2.55 bits per heavy atom. The van der Waals surface area contributed by atoms with Gasteiger partial charge in [-0.3, -0.25) is 0 Å². The van der Waals surface area contributed by atoms with E-state index in [9.17, 15) is 0 Å². The fraction of sp³-hybridized carbons (Fsp3) is 0.857. The first kappa shape index (κ1) is 8.57. The summed E-state index contributed by atoms with van der Waals surface area (Å²) < 4.78 is 5.12. The smallest absolute Gasteiger partial charge is 0.111 e. The number of rotatable bonds is 1. The third kappa shape index (κ3) is 1.40. The van der Waals surface area contributed by atoms with Gasteiger partial charge in [0.25, 0.3) is 0 Å². The monoisotopic (exact) mass is 151 g/mol. The molecule has 2 radical (unpaired) electrons. The zero-order valence-corrected chi connectivity index (χ0v) is 6.45. The molecule has 3 nitrogen and oxygen atoms in total.